The van der Waals surface area contributed by atoms with Gasteiger partial charge in [0.25, 0.3) is 10.0 Å². The fourth-order valence-corrected chi connectivity index (χ4v) is 3.23. The van der Waals surface area contributed by atoms with Crippen molar-refractivity contribution in [1.82, 2.24) is 9.97 Å². The van der Waals surface area contributed by atoms with Gasteiger partial charge >= 0.3 is 0 Å². The average Bonchev–Trinajstić information content (AvgIpc) is 2.60. The van der Waals surface area contributed by atoms with E-state index in [4.69, 9.17) is 11.5 Å². The van der Waals surface area contributed by atoms with Crippen molar-refractivity contribution in [3.05, 3.63) is 66.2 Å². The molecular weight excluding hydrogens is 352 g/mol. The van der Waals surface area contributed by atoms with E-state index in [1.54, 1.807) is 0 Å². The molecular formula is C17H18N6O2S. The predicted octanol–water partition coefficient (Wildman–Crippen LogP) is 2.05. The van der Waals surface area contributed by atoms with Crippen molar-refractivity contribution >= 4 is 33.3 Å². The summed E-state index contributed by atoms with van der Waals surface area (Å²) < 4.78 is 27.3. The number of anilines is 4. The molecule has 3 rings (SSSR count). The molecule has 0 radical (unpaired) electrons. The number of benzene rings is 2. The highest BCUT2D eigenvalue weighted by atomic mass is 32.2. The van der Waals surface area contributed by atoms with Crippen LogP contribution in [0.5, 0.6) is 0 Å². The number of aromatic nitrogens is 2. The van der Waals surface area contributed by atoms with Crippen molar-refractivity contribution in [1.29, 1.82) is 0 Å². The van der Waals surface area contributed by atoms with Crippen molar-refractivity contribution in [2.75, 3.05) is 21.5 Å². The summed E-state index contributed by atoms with van der Waals surface area (Å²) in [4.78, 5) is 8.07. The van der Waals surface area contributed by atoms with Gasteiger partial charge in [0.05, 0.1) is 4.90 Å². The van der Waals surface area contributed by atoms with Crippen LogP contribution in [0, 0.1) is 0 Å². The first-order valence-corrected chi connectivity index (χ1v) is 9.21. The fraction of sp³-hybridized carbons (Fsp3) is 0.0588. The first-order valence-electron chi connectivity index (χ1n) is 7.73. The fourth-order valence-electron chi connectivity index (χ4n) is 2.24. The van der Waals surface area contributed by atoms with Crippen LogP contribution in [0.4, 0.5) is 23.3 Å². The second-order valence-corrected chi connectivity index (χ2v) is 7.19. The number of nitrogens with zero attached hydrogens (tertiary/aromatic N) is 2. The highest BCUT2D eigenvalue weighted by molar-refractivity contribution is 7.92. The summed E-state index contributed by atoms with van der Waals surface area (Å²) in [6.45, 7) is 0.515. The summed E-state index contributed by atoms with van der Waals surface area (Å²) in [5.41, 5.74) is 12.8. The van der Waals surface area contributed by atoms with Gasteiger partial charge in [0.2, 0.25) is 5.95 Å². The van der Waals surface area contributed by atoms with Crippen molar-refractivity contribution < 1.29 is 8.42 Å². The summed E-state index contributed by atoms with van der Waals surface area (Å²) in [6.07, 6.45) is 0. The molecule has 1 heterocycles. The molecule has 0 aliphatic rings. The van der Waals surface area contributed by atoms with E-state index >= 15 is 0 Å². The zero-order chi connectivity index (χ0) is 18.6. The molecule has 0 atom stereocenters. The maximum Gasteiger partial charge on any atom is 0.263 e. The van der Waals surface area contributed by atoms with E-state index in [-0.39, 0.29) is 16.7 Å². The SMILES string of the molecule is Nc1ccc(S(=O)(=O)Nc2cc(NCc3ccccc3)nc(N)n2)cc1. The number of rotatable bonds is 6. The highest BCUT2D eigenvalue weighted by Gasteiger charge is 2.15. The van der Waals surface area contributed by atoms with E-state index < -0.39 is 10.0 Å². The molecule has 8 nitrogen and oxygen atoms in total. The topological polar surface area (TPSA) is 136 Å². The lowest BCUT2D eigenvalue weighted by atomic mass is 10.2. The molecule has 0 aliphatic carbocycles. The number of nitrogens with one attached hydrogen (secondary N) is 2. The smallest absolute Gasteiger partial charge is 0.263 e. The molecule has 0 amide bonds. The second kappa shape index (κ2) is 7.28. The summed E-state index contributed by atoms with van der Waals surface area (Å²) in [5, 5.41) is 3.09. The Labute approximate surface area is 151 Å². The van der Waals surface area contributed by atoms with Gasteiger partial charge in [0.15, 0.2) is 0 Å². The van der Waals surface area contributed by atoms with Gasteiger partial charge in [-0.2, -0.15) is 9.97 Å². The van der Waals surface area contributed by atoms with E-state index in [9.17, 15) is 8.42 Å². The number of hydrogen-bond donors (Lipinski definition) is 4. The largest absolute Gasteiger partial charge is 0.399 e. The lowest BCUT2D eigenvalue weighted by molar-refractivity contribution is 0.601. The van der Waals surface area contributed by atoms with Crippen LogP contribution in [0.2, 0.25) is 0 Å². The van der Waals surface area contributed by atoms with Crippen molar-refractivity contribution in [3.63, 3.8) is 0 Å². The Hall–Kier alpha value is -3.33. The maximum atomic E-state index is 12.4. The van der Waals surface area contributed by atoms with Crippen LogP contribution in [-0.2, 0) is 16.6 Å². The van der Waals surface area contributed by atoms with Crippen LogP contribution in [0.15, 0.2) is 65.6 Å². The quantitative estimate of drug-likeness (QED) is 0.487. The van der Waals surface area contributed by atoms with Crippen LogP contribution >= 0.6 is 0 Å². The molecule has 0 unspecified atom stereocenters. The van der Waals surface area contributed by atoms with Gasteiger partial charge in [-0.15, -0.1) is 0 Å². The molecule has 0 fully saturated rings. The van der Waals surface area contributed by atoms with Gasteiger partial charge in [-0.25, -0.2) is 8.42 Å². The Balaban J connectivity index is 1.77. The molecule has 9 heteroatoms. The molecule has 6 N–H and O–H groups in total. The minimum Gasteiger partial charge on any atom is -0.399 e. The molecule has 0 aliphatic heterocycles. The molecule has 134 valence electrons. The first-order chi connectivity index (χ1) is 12.4. The van der Waals surface area contributed by atoms with Gasteiger partial charge in [-0.1, -0.05) is 30.3 Å². The van der Waals surface area contributed by atoms with E-state index in [0.29, 0.717) is 18.1 Å². The molecule has 0 saturated carbocycles. The lowest BCUT2D eigenvalue weighted by Gasteiger charge is -2.11. The Morgan fingerprint density at radius 3 is 2.23 bits per heavy atom. The predicted molar refractivity (Wildman–Crippen MR) is 102 cm³/mol. The third-order valence-corrected chi connectivity index (χ3v) is 4.86. The normalized spacial score (nSPS) is 11.1. The Bertz CT molecular complexity index is 992. The molecule has 2 aromatic carbocycles. The van der Waals surface area contributed by atoms with Crippen LogP contribution in [-0.4, -0.2) is 18.4 Å². The van der Waals surface area contributed by atoms with Crippen LogP contribution < -0.4 is 21.5 Å². The van der Waals surface area contributed by atoms with Crippen molar-refractivity contribution in [2.24, 2.45) is 0 Å². The minimum absolute atomic E-state index is 0.0435. The number of sulfonamides is 1. The maximum absolute atomic E-state index is 12.4. The monoisotopic (exact) mass is 370 g/mol. The van der Waals surface area contributed by atoms with Gasteiger partial charge < -0.3 is 16.8 Å². The summed E-state index contributed by atoms with van der Waals surface area (Å²) in [6, 6.07) is 17.0. The summed E-state index contributed by atoms with van der Waals surface area (Å²) >= 11 is 0. The lowest BCUT2D eigenvalue weighted by Crippen LogP contribution is -2.15. The van der Waals surface area contributed by atoms with Crippen molar-refractivity contribution in [2.45, 2.75) is 11.4 Å². The van der Waals surface area contributed by atoms with E-state index in [1.165, 1.54) is 30.3 Å². The first kappa shape index (κ1) is 17.5. The number of hydrogen-bond acceptors (Lipinski definition) is 7. The average molecular weight is 370 g/mol. The number of nitrogens with two attached hydrogens (primary N) is 2. The standard InChI is InChI=1S/C17H18N6O2S/c18-13-6-8-14(9-7-13)26(24,25)23-16-10-15(21-17(19)22-16)20-11-12-4-2-1-3-5-12/h1-10H,11,18H2,(H4,19,20,21,22,23). The van der Waals surface area contributed by atoms with E-state index in [1.807, 2.05) is 30.3 Å². The Morgan fingerprint density at radius 1 is 0.885 bits per heavy atom. The molecule has 0 spiro atoms. The molecule has 0 saturated heterocycles. The van der Waals surface area contributed by atoms with Gasteiger partial charge in [-0.05, 0) is 29.8 Å². The third-order valence-electron chi connectivity index (χ3n) is 3.49. The van der Waals surface area contributed by atoms with Crippen LogP contribution in [0.3, 0.4) is 0 Å². The van der Waals surface area contributed by atoms with Gasteiger partial charge in [0, 0.05) is 18.3 Å². The van der Waals surface area contributed by atoms with Crippen LogP contribution in [0.25, 0.3) is 0 Å². The van der Waals surface area contributed by atoms with E-state index in [2.05, 4.69) is 20.0 Å². The summed E-state index contributed by atoms with van der Waals surface area (Å²) in [5.74, 6) is 0.444. The molecule has 1 aromatic heterocycles. The molecule has 0 bridgehead atoms. The minimum atomic E-state index is -3.81. The molecule has 3 aromatic rings. The Kier molecular flexibility index (Phi) is 4.90. The Morgan fingerprint density at radius 2 is 1.54 bits per heavy atom. The van der Waals surface area contributed by atoms with Crippen LogP contribution in [0.1, 0.15) is 5.56 Å². The zero-order valence-electron chi connectivity index (χ0n) is 13.8. The van der Waals surface area contributed by atoms with E-state index in [0.717, 1.165) is 5.56 Å². The third kappa shape index (κ3) is 4.39. The second-order valence-electron chi connectivity index (χ2n) is 5.51. The molecule has 26 heavy (non-hydrogen) atoms. The van der Waals surface area contributed by atoms with Gasteiger partial charge in [-0.3, -0.25) is 4.72 Å². The zero-order valence-corrected chi connectivity index (χ0v) is 14.6. The van der Waals surface area contributed by atoms with Gasteiger partial charge in [0.1, 0.15) is 11.6 Å². The van der Waals surface area contributed by atoms with Crippen molar-refractivity contribution in [3.8, 4) is 0 Å². The number of nitrogen functional groups attached to an aromatic ring is 2. The highest BCUT2D eigenvalue weighted by Crippen LogP contribution is 2.19. The summed E-state index contributed by atoms with van der Waals surface area (Å²) in [7, 11) is -3.81.